The van der Waals surface area contributed by atoms with Gasteiger partial charge in [-0.3, -0.25) is 4.31 Å². The Balaban J connectivity index is 2.44. The molecular formula is C14H22N2O3S. The summed E-state index contributed by atoms with van der Waals surface area (Å²) in [7, 11) is -3.32. The molecule has 2 rings (SSSR count). The second-order valence-corrected chi connectivity index (χ2v) is 7.73. The van der Waals surface area contributed by atoms with Gasteiger partial charge in [0, 0.05) is 0 Å². The summed E-state index contributed by atoms with van der Waals surface area (Å²) in [5, 5.41) is 0. The number of nitrogens with zero attached hydrogens (tertiary/aromatic N) is 1. The van der Waals surface area contributed by atoms with Gasteiger partial charge in [0.1, 0.15) is 11.4 Å². The number of benzene rings is 1. The van der Waals surface area contributed by atoms with Gasteiger partial charge in [-0.05, 0) is 50.9 Å². The number of hydrogen-bond donors (Lipinski definition) is 1. The molecule has 0 amide bonds. The Labute approximate surface area is 120 Å². The first-order valence-electron chi connectivity index (χ1n) is 6.73. The zero-order chi connectivity index (χ0) is 15.0. The molecule has 1 heterocycles. The van der Waals surface area contributed by atoms with E-state index in [4.69, 9.17) is 10.5 Å². The van der Waals surface area contributed by atoms with E-state index in [0.717, 1.165) is 18.4 Å². The molecule has 1 aliphatic rings. The maximum Gasteiger partial charge on any atom is 0.232 e. The summed E-state index contributed by atoms with van der Waals surface area (Å²) in [4.78, 5) is 0. The third-order valence-electron chi connectivity index (χ3n) is 3.27. The third-order valence-corrected chi connectivity index (χ3v) is 4.40. The van der Waals surface area contributed by atoms with Crippen LogP contribution in [0.15, 0.2) is 18.2 Å². The number of fused-ring (bicyclic) bond motifs is 1. The quantitative estimate of drug-likeness (QED) is 0.914. The Morgan fingerprint density at radius 3 is 2.70 bits per heavy atom. The molecule has 1 aromatic carbocycles. The van der Waals surface area contributed by atoms with Crippen LogP contribution in [0, 0.1) is 0 Å². The van der Waals surface area contributed by atoms with E-state index in [-0.39, 0.29) is 0 Å². The molecule has 0 spiro atoms. The number of rotatable bonds is 4. The van der Waals surface area contributed by atoms with E-state index in [1.165, 1.54) is 10.6 Å². The minimum atomic E-state index is -3.32. The summed E-state index contributed by atoms with van der Waals surface area (Å²) < 4.78 is 31.3. The molecule has 0 saturated heterocycles. The first-order chi connectivity index (χ1) is 9.23. The lowest BCUT2D eigenvalue weighted by atomic mass is 10.0. The summed E-state index contributed by atoms with van der Waals surface area (Å²) in [6, 6.07) is 5.71. The van der Waals surface area contributed by atoms with Crippen molar-refractivity contribution in [3.63, 3.8) is 0 Å². The standard InChI is InChI=1S/C14H22N2O3S/c1-14(2)10-16(20(3,17)18)12-9-11(5-4-8-15)6-7-13(12)19-14/h6-7,9H,4-5,8,10,15H2,1-3H3. The maximum absolute atomic E-state index is 12.0. The molecule has 0 radical (unpaired) electrons. The van der Waals surface area contributed by atoms with Gasteiger partial charge >= 0.3 is 0 Å². The molecule has 0 bridgehead atoms. The highest BCUT2D eigenvalue weighted by Gasteiger charge is 2.36. The van der Waals surface area contributed by atoms with Crippen molar-refractivity contribution in [2.45, 2.75) is 32.3 Å². The average molecular weight is 298 g/mol. The van der Waals surface area contributed by atoms with Gasteiger partial charge in [-0.25, -0.2) is 8.42 Å². The second-order valence-electron chi connectivity index (χ2n) is 5.83. The van der Waals surface area contributed by atoms with E-state index in [0.29, 0.717) is 24.5 Å². The van der Waals surface area contributed by atoms with Crippen LogP contribution in [0.3, 0.4) is 0 Å². The number of aryl methyl sites for hydroxylation is 1. The molecule has 20 heavy (non-hydrogen) atoms. The molecule has 1 aromatic rings. The molecule has 0 aromatic heterocycles. The fourth-order valence-electron chi connectivity index (χ4n) is 2.36. The molecular weight excluding hydrogens is 276 g/mol. The molecule has 0 fully saturated rings. The second kappa shape index (κ2) is 5.26. The van der Waals surface area contributed by atoms with Crippen molar-refractivity contribution >= 4 is 15.7 Å². The number of anilines is 1. The zero-order valence-electron chi connectivity index (χ0n) is 12.2. The molecule has 0 saturated carbocycles. The van der Waals surface area contributed by atoms with Crippen molar-refractivity contribution in [1.82, 2.24) is 0 Å². The predicted octanol–water partition coefficient (Wildman–Crippen LogP) is 1.51. The van der Waals surface area contributed by atoms with Crippen LogP contribution in [0.1, 0.15) is 25.8 Å². The van der Waals surface area contributed by atoms with Gasteiger partial charge in [0.15, 0.2) is 0 Å². The van der Waals surface area contributed by atoms with Crippen LogP contribution in [0.2, 0.25) is 0 Å². The van der Waals surface area contributed by atoms with Crippen LogP contribution in [-0.4, -0.2) is 33.4 Å². The topological polar surface area (TPSA) is 72.6 Å². The summed E-state index contributed by atoms with van der Waals surface area (Å²) in [5.74, 6) is 0.614. The highest BCUT2D eigenvalue weighted by atomic mass is 32.2. The zero-order valence-corrected chi connectivity index (χ0v) is 13.0. The van der Waals surface area contributed by atoms with E-state index in [9.17, 15) is 8.42 Å². The molecule has 0 atom stereocenters. The largest absolute Gasteiger partial charge is 0.484 e. The van der Waals surface area contributed by atoms with E-state index < -0.39 is 15.6 Å². The van der Waals surface area contributed by atoms with E-state index in [1.54, 1.807) is 0 Å². The summed E-state index contributed by atoms with van der Waals surface area (Å²) in [6.07, 6.45) is 2.94. The van der Waals surface area contributed by atoms with Crippen molar-refractivity contribution in [2.75, 3.05) is 23.7 Å². The summed E-state index contributed by atoms with van der Waals surface area (Å²) >= 11 is 0. The summed E-state index contributed by atoms with van der Waals surface area (Å²) in [6.45, 7) is 4.71. The minimum absolute atomic E-state index is 0.319. The Morgan fingerprint density at radius 1 is 1.40 bits per heavy atom. The van der Waals surface area contributed by atoms with Crippen molar-refractivity contribution < 1.29 is 13.2 Å². The van der Waals surface area contributed by atoms with Crippen LogP contribution >= 0.6 is 0 Å². The smallest absolute Gasteiger partial charge is 0.232 e. The normalized spacial score (nSPS) is 17.5. The Morgan fingerprint density at radius 2 is 2.10 bits per heavy atom. The Bertz CT molecular complexity index is 596. The SMILES string of the molecule is CC1(C)CN(S(C)(=O)=O)c2cc(CCCN)ccc2O1. The average Bonchev–Trinajstić information content (AvgIpc) is 2.33. The number of nitrogens with two attached hydrogens (primary N) is 1. The monoisotopic (exact) mass is 298 g/mol. The van der Waals surface area contributed by atoms with Crippen LogP contribution in [0.4, 0.5) is 5.69 Å². The van der Waals surface area contributed by atoms with Gasteiger partial charge < -0.3 is 10.5 Å². The van der Waals surface area contributed by atoms with Crippen molar-refractivity contribution in [1.29, 1.82) is 0 Å². The highest BCUT2D eigenvalue weighted by Crippen LogP contribution is 2.39. The van der Waals surface area contributed by atoms with Crippen LogP contribution in [0.5, 0.6) is 5.75 Å². The first-order valence-corrected chi connectivity index (χ1v) is 8.57. The number of ether oxygens (including phenoxy) is 1. The lowest BCUT2D eigenvalue weighted by Crippen LogP contribution is -2.49. The van der Waals surface area contributed by atoms with E-state index in [1.807, 2.05) is 32.0 Å². The molecule has 5 nitrogen and oxygen atoms in total. The molecule has 2 N–H and O–H groups in total. The molecule has 6 heteroatoms. The Kier molecular flexibility index (Phi) is 3.97. The van der Waals surface area contributed by atoms with Gasteiger partial charge in [0.25, 0.3) is 0 Å². The maximum atomic E-state index is 12.0. The fourth-order valence-corrected chi connectivity index (χ4v) is 3.41. The van der Waals surface area contributed by atoms with Gasteiger partial charge in [0.2, 0.25) is 10.0 Å². The predicted molar refractivity (Wildman–Crippen MR) is 80.7 cm³/mol. The minimum Gasteiger partial charge on any atom is -0.484 e. The lowest BCUT2D eigenvalue weighted by Gasteiger charge is -2.39. The van der Waals surface area contributed by atoms with Crippen LogP contribution < -0.4 is 14.8 Å². The third kappa shape index (κ3) is 3.24. The molecule has 0 aliphatic carbocycles. The van der Waals surface area contributed by atoms with Gasteiger partial charge in [-0.15, -0.1) is 0 Å². The first kappa shape index (κ1) is 15.1. The Hall–Kier alpha value is -1.27. The fraction of sp³-hybridized carbons (Fsp3) is 0.571. The van der Waals surface area contributed by atoms with Crippen molar-refractivity contribution in [3.8, 4) is 5.75 Å². The van der Waals surface area contributed by atoms with E-state index in [2.05, 4.69) is 0 Å². The van der Waals surface area contributed by atoms with E-state index >= 15 is 0 Å². The lowest BCUT2D eigenvalue weighted by molar-refractivity contribution is 0.110. The van der Waals surface area contributed by atoms with Gasteiger partial charge in [0.05, 0.1) is 18.5 Å². The number of sulfonamides is 1. The molecule has 1 aliphatic heterocycles. The van der Waals surface area contributed by atoms with Gasteiger partial charge in [-0.2, -0.15) is 0 Å². The van der Waals surface area contributed by atoms with Crippen LogP contribution in [-0.2, 0) is 16.4 Å². The highest BCUT2D eigenvalue weighted by molar-refractivity contribution is 7.92. The van der Waals surface area contributed by atoms with Crippen LogP contribution in [0.25, 0.3) is 0 Å². The molecule has 112 valence electrons. The van der Waals surface area contributed by atoms with Crippen molar-refractivity contribution in [3.05, 3.63) is 23.8 Å². The summed E-state index contributed by atoms with van der Waals surface area (Å²) in [5.41, 5.74) is 6.68. The van der Waals surface area contributed by atoms with Gasteiger partial charge in [-0.1, -0.05) is 6.07 Å². The van der Waals surface area contributed by atoms with Crippen molar-refractivity contribution in [2.24, 2.45) is 5.73 Å². The molecule has 0 unspecified atom stereocenters. The number of hydrogen-bond acceptors (Lipinski definition) is 4.